The molecule has 0 unspecified atom stereocenters. The van der Waals surface area contributed by atoms with Gasteiger partial charge in [0, 0.05) is 6.42 Å². The molecule has 2 atom stereocenters. The van der Waals surface area contributed by atoms with E-state index in [-0.39, 0.29) is 24.0 Å². The number of hydrogen-bond acceptors (Lipinski definition) is 5. The van der Waals surface area contributed by atoms with E-state index in [4.69, 9.17) is 26.6 Å². The Labute approximate surface area is 135 Å². The topological polar surface area (TPSA) is 113 Å². The van der Waals surface area contributed by atoms with Crippen molar-refractivity contribution in [3.63, 3.8) is 0 Å². The normalized spacial score (nSPS) is 20.7. The molecule has 0 spiro atoms. The van der Waals surface area contributed by atoms with Gasteiger partial charge in [0.25, 0.3) is 5.88 Å². The van der Waals surface area contributed by atoms with Gasteiger partial charge in [0.1, 0.15) is 12.1 Å². The number of carbonyl (C=O) groups is 2. The molecule has 2 heterocycles. The Morgan fingerprint density at radius 3 is 2.43 bits per heavy atom. The quantitative estimate of drug-likeness (QED) is 0.878. The van der Waals surface area contributed by atoms with Crippen molar-refractivity contribution in [1.29, 1.82) is 0 Å². The van der Waals surface area contributed by atoms with E-state index in [0.29, 0.717) is 11.0 Å². The number of nitrogens with zero attached hydrogens (tertiary/aromatic N) is 3. The van der Waals surface area contributed by atoms with E-state index in [1.807, 2.05) is 0 Å². The van der Waals surface area contributed by atoms with Crippen molar-refractivity contribution in [1.82, 2.24) is 14.9 Å². The molecule has 1 fully saturated rings. The maximum absolute atomic E-state index is 11.1. The predicted octanol–water partition coefficient (Wildman–Crippen LogP) is 1.87. The monoisotopic (exact) mass is 337 g/mol. The zero-order valence-electron chi connectivity index (χ0n) is 11.7. The molecule has 1 aliphatic heterocycles. The van der Waals surface area contributed by atoms with Crippen LogP contribution >= 0.6 is 11.6 Å². The van der Waals surface area contributed by atoms with Crippen LogP contribution in [0.25, 0.3) is 11.0 Å². The lowest BCUT2D eigenvalue weighted by molar-refractivity contribution is -0.141. The summed E-state index contributed by atoms with van der Waals surface area (Å²) in [6.45, 7) is -0.0723. The van der Waals surface area contributed by atoms with Crippen molar-refractivity contribution in [2.45, 2.75) is 18.6 Å². The van der Waals surface area contributed by atoms with E-state index in [1.54, 1.807) is 24.3 Å². The van der Waals surface area contributed by atoms with E-state index >= 15 is 0 Å². The lowest BCUT2D eigenvalue weighted by Crippen LogP contribution is -2.39. The highest BCUT2D eigenvalue weighted by molar-refractivity contribution is 6.31. The van der Waals surface area contributed by atoms with E-state index in [0.717, 1.165) is 4.90 Å². The Morgan fingerprint density at radius 2 is 1.87 bits per heavy atom. The maximum Gasteiger partial charge on any atom is 0.408 e. The summed E-state index contributed by atoms with van der Waals surface area (Å²) in [6.07, 6.45) is -1.94. The van der Waals surface area contributed by atoms with Crippen LogP contribution in [0, 0.1) is 0 Å². The first-order valence-electron chi connectivity index (χ1n) is 6.77. The summed E-state index contributed by atoms with van der Waals surface area (Å²) in [4.78, 5) is 31.5. The molecule has 8 nitrogen and oxygen atoms in total. The molecular weight excluding hydrogens is 326 g/mol. The van der Waals surface area contributed by atoms with Crippen LogP contribution in [0.3, 0.4) is 0 Å². The summed E-state index contributed by atoms with van der Waals surface area (Å²) in [7, 11) is 0. The standard InChI is InChI=1S/C14H12ClN3O5/c15-11-12(17-9-4-2-1-3-8(9)16-11)23-7-5-10(13(19)20)18(6-7)14(21)22/h1-4,7,10H,5-6H2,(H,19,20)(H,21,22)/t7-,10+/m1/s1. The molecule has 23 heavy (non-hydrogen) atoms. The number of fused-ring (bicyclic) bond motifs is 1. The van der Waals surface area contributed by atoms with Gasteiger partial charge in [0.2, 0.25) is 0 Å². The second-order valence-electron chi connectivity index (χ2n) is 5.07. The van der Waals surface area contributed by atoms with Crippen molar-refractivity contribution in [3.05, 3.63) is 29.4 Å². The molecule has 9 heteroatoms. The van der Waals surface area contributed by atoms with Gasteiger partial charge in [-0.15, -0.1) is 0 Å². The Hall–Kier alpha value is -2.61. The third-order valence-electron chi connectivity index (χ3n) is 3.57. The van der Waals surface area contributed by atoms with Gasteiger partial charge < -0.3 is 14.9 Å². The van der Waals surface area contributed by atoms with E-state index in [2.05, 4.69) is 9.97 Å². The Bertz CT molecular complexity index is 762. The minimum absolute atomic E-state index is 0.0203. The highest BCUT2D eigenvalue weighted by atomic mass is 35.5. The van der Waals surface area contributed by atoms with Gasteiger partial charge in [-0.2, -0.15) is 0 Å². The van der Waals surface area contributed by atoms with Gasteiger partial charge in [0.15, 0.2) is 5.15 Å². The van der Waals surface area contributed by atoms with Crippen LogP contribution in [0.1, 0.15) is 6.42 Å². The Morgan fingerprint density at radius 1 is 1.22 bits per heavy atom. The minimum atomic E-state index is -1.31. The first kappa shape index (κ1) is 15.3. The van der Waals surface area contributed by atoms with Gasteiger partial charge in [-0.05, 0) is 12.1 Å². The minimum Gasteiger partial charge on any atom is -0.480 e. The molecule has 3 rings (SSSR count). The third-order valence-corrected chi connectivity index (χ3v) is 3.82. The summed E-state index contributed by atoms with van der Waals surface area (Å²) in [5.74, 6) is -1.15. The summed E-state index contributed by atoms with van der Waals surface area (Å²) in [5, 5.41) is 18.2. The molecule has 1 aliphatic rings. The predicted molar refractivity (Wildman–Crippen MR) is 79.7 cm³/mol. The number of halogens is 1. The number of para-hydroxylation sites is 2. The SMILES string of the molecule is O=C(O)[C@@H]1C[C@@H](Oc2nc3ccccc3nc2Cl)CN1C(=O)O. The summed E-state index contributed by atoms with van der Waals surface area (Å²) in [5.41, 5.74) is 1.18. The average Bonchev–Trinajstić information content (AvgIpc) is 2.92. The molecular formula is C14H12ClN3O5. The summed E-state index contributed by atoms with van der Waals surface area (Å²) < 4.78 is 5.60. The zero-order valence-corrected chi connectivity index (χ0v) is 12.5. The first-order chi connectivity index (χ1) is 11.0. The fourth-order valence-corrected chi connectivity index (χ4v) is 2.70. The Balaban J connectivity index is 1.83. The molecule has 2 aromatic rings. The second kappa shape index (κ2) is 5.88. The van der Waals surface area contributed by atoms with Crippen LogP contribution in [-0.4, -0.2) is 55.8 Å². The number of amides is 1. The highest BCUT2D eigenvalue weighted by Crippen LogP contribution is 2.28. The van der Waals surface area contributed by atoms with Crippen molar-refractivity contribution in [3.8, 4) is 5.88 Å². The van der Waals surface area contributed by atoms with Crippen LogP contribution < -0.4 is 4.74 Å². The zero-order chi connectivity index (χ0) is 16.6. The van der Waals surface area contributed by atoms with Gasteiger partial charge in [-0.25, -0.2) is 19.6 Å². The summed E-state index contributed by atoms with van der Waals surface area (Å²) in [6, 6.07) is 5.93. The smallest absolute Gasteiger partial charge is 0.408 e. The van der Waals surface area contributed by atoms with Crippen LogP contribution in [0.15, 0.2) is 24.3 Å². The number of carboxylic acids is 1. The van der Waals surface area contributed by atoms with E-state index in [9.17, 15) is 9.59 Å². The molecule has 0 saturated carbocycles. The molecule has 120 valence electrons. The first-order valence-corrected chi connectivity index (χ1v) is 7.15. The number of ether oxygens (including phenoxy) is 1. The molecule has 1 saturated heterocycles. The van der Waals surface area contributed by atoms with Crippen LogP contribution in [-0.2, 0) is 4.79 Å². The number of likely N-dealkylation sites (tertiary alicyclic amines) is 1. The lowest BCUT2D eigenvalue weighted by atomic mass is 10.2. The van der Waals surface area contributed by atoms with Crippen LogP contribution in [0.2, 0.25) is 5.15 Å². The lowest BCUT2D eigenvalue weighted by Gasteiger charge is -2.16. The fraction of sp³-hybridized carbons (Fsp3) is 0.286. The van der Waals surface area contributed by atoms with E-state index < -0.39 is 24.2 Å². The number of rotatable bonds is 3. The molecule has 0 radical (unpaired) electrons. The molecule has 2 N–H and O–H groups in total. The average molecular weight is 338 g/mol. The van der Waals surface area contributed by atoms with Gasteiger partial charge in [-0.3, -0.25) is 4.90 Å². The maximum atomic E-state index is 11.1. The van der Waals surface area contributed by atoms with E-state index in [1.165, 1.54) is 0 Å². The highest BCUT2D eigenvalue weighted by Gasteiger charge is 2.41. The number of carboxylic acid groups (broad SMARTS) is 2. The molecule has 1 aromatic heterocycles. The third kappa shape index (κ3) is 2.98. The largest absolute Gasteiger partial charge is 0.480 e. The van der Waals surface area contributed by atoms with Crippen molar-refractivity contribution >= 4 is 34.7 Å². The molecule has 1 aromatic carbocycles. The molecule has 0 bridgehead atoms. The van der Waals surface area contributed by atoms with Crippen molar-refractivity contribution < 1.29 is 24.5 Å². The van der Waals surface area contributed by atoms with Gasteiger partial charge >= 0.3 is 12.1 Å². The number of hydrogen-bond donors (Lipinski definition) is 2. The Kier molecular flexibility index (Phi) is 3.91. The summed E-state index contributed by atoms with van der Waals surface area (Å²) >= 11 is 6.03. The number of aliphatic carboxylic acids is 1. The van der Waals surface area contributed by atoms with Crippen molar-refractivity contribution in [2.24, 2.45) is 0 Å². The second-order valence-corrected chi connectivity index (χ2v) is 5.43. The molecule has 0 aliphatic carbocycles. The van der Waals surface area contributed by atoms with Crippen LogP contribution in [0.4, 0.5) is 4.79 Å². The van der Waals surface area contributed by atoms with Crippen LogP contribution in [0.5, 0.6) is 5.88 Å². The van der Waals surface area contributed by atoms with Gasteiger partial charge in [-0.1, -0.05) is 23.7 Å². The molecule has 1 amide bonds. The van der Waals surface area contributed by atoms with Gasteiger partial charge in [0.05, 0.1) is 17.6 Å². The fourth-order valence-electron chi connectivity index (χ4n) is 2.52. The number of benzene rings is 1. The van der Waals surface area contributed by atoms with Crippen molar-refractivity contribution in [2.75, 3.05) is 6.54 Å². The number of aromatic nitrogens is 2.